The van der Waals surface area contributed by atoms with Crippen molar-refractivity contribution in [2.75, 3.05) is 4.90 Å². The van der Waals surface area contributed by atoms with Gasteiger partial charge in [-0.3, -0.25) is 24.3 Å². The maximum Gasteiger partial charge on any atom is 0.285 e. The summed E-state index contributed by atoms with van der Waals surface area (Å²) >= 11 is 0. The number of para-hydroxylation sites is 1. The Bertz CT molecular complexity index is 859. The number of amides is 1. The molecule has 1 aliphatic heterocycles. The van der Waals surface area contributed by atoms with E-state index in [0.717, 1.165) is 47.0 Å². The van der Waals surface area contributed by atoms with E-state index >= 15 is 0 Å². The molecule has 3 rings (SSSR count). The number of anilines is 1. The molecule has 1 unspecified atom stereocenters. The molecule has 0 radical (unpaired) electrons. The molecule has 1 atom stereocenters. The van der Waals surface area contributed by atoms with E-state index in [1.165, 1.54) is 0 Å². The molecule has 0 spiro atoms. The third kappa shape index (κ3) is 2.92. The molecule has 2 aromatic rings. The van der Waals surface area contributed by atoms with E-state index in [9.17, 15) is 19.7 Å². The van der Waals surface area contributed by atoms with Crippen molar-refractivity contribution in [2.24, 2.45) is 0 Å². The number of fused-ring (bicyclic) bond motifs is 1. The smallest absolute Gasteiger partial charge is 0.285 e. The van der Waals surface area contributed by atoms with Gasteiger partial charge in [0.15, 0.2) is 0 Å². The topological polar surface area (TPSA) is 85.4 Å². The highest BCUT2D eigenvalue weighted by Crippen LogP contribution is 2.30. The standard InChI is InChI=1S/C17H17N3O4/c1-12-6-7-13-4-2-3-5-15(13)19(12)17(22)11-18-10-14(20(23)24)8-9-16(18)21/h2-5,8-10,12H,6-7,11H2,1H3. The van der Waals surface area contributed by atoms with Gasteiger partial charge in [0.2, 0.25) is 5.91 Å². The van der Waals surface area contributed by atoms with Gasteiger partial charge in [0.05, 0.1) is 11.1 Å². The van der Waals surface area contributed by atoms with Gasteiger partial charge in [0.1, 0.15) is 6.54 Å². The predicted molar refractivity (Wildman–Crippen MR) is 89.1 cm³/mol. The molecule has 7 nitrogen and oxygen atoms in total. The molecule has 124 valence electrons. The average Bonchev–Trinajstić information content (AvgIpc) is 2.56. The third-order valence-corrected chi connectivity index (χ3v) is 4.28. The number of carbonyl (C=O) groups excluding carboxylic acids is 1. The molecule has 7 heteroatoms. The van der Waals surface area contributed by atoms with E-state index in [0.29, 0.717) is 0 Å². The van der Waals surface area contributed by atoms with Crippen molar-refractivity contribution in [1.29, 1.82) is 0 Å². The number of hydrogen-bond donors (Lipinski definition) is 0. The first-order chi connectivity index (χ1) is 11.5. The van der Waals surface area contributed by atoms with E-state index in [-0.39, 0.29) is 24.2 Å². The fourth-order valence-electron chi connectivity index (χ4n) is 3.04. The van der Waals surface area contributed by atoms with E-state index in [1.807, 2.05) is 31.2 Å². The molecule has 1 aromatic carbocycles. The van der Waals surface area contributed by atoms with E-state index in [1.54, 1.807) is 4.90 Å². The van der Waals surface area contributed by atoms with Crippen LogP contribution in [0.15, 0.2) is 47.4 Å². The Hall–Kier alpha value is -2.96. The van der Waals surface area contributed by atoms with Crippen LogP contribution in [0.2, 0.25) is 0 Å². The Kier molecular flexibility index (Phi) is 4.16. The lowest BCUT2D eigenvalue weighted by Crippen LogP contribution is -2.44. The van der Waals surface area contributed by atoms with Crippen LogP contribution in [0.25, 0.3) is 0 Å². The summed E-state index contributed by atoms with van der Waals surface area (Å²) in [5.74, 6) is -0.253. The summed E-state index contributed by atoms with van der Waals surface area (Å²) in [5.41, 5.74) is 1.29. The van der Waals surface area contributed by atoms with Crippen LogP contribution in [0.5, 0.6) is 0 Å². The van der Waals surface area contributed by atoms with Gasteiger partial charge in [-0.25, -0.2) is 0 Å². The van der Waals surface area contributed by atoms with Gasteiger partial charge >= 0.3 is 0 Å². The number of nitrogens with zero attached hydrogens (tertiary/aromatic N) is 3. The van der Waals surface area contributed by atoms with Gasteiger partial charge < -0.3 is 4.90 Å². The quantitative estimate of drug-likeness (QED) is 0.638. The molecule has 0 aliphatic carbocycles. The van der Waals surface area contributed by atoms with Crippen LogP contribution in [0.1, 0.15) is 18.9 Å². The van der Waals surface area contributed by atoms with Crippen LogP contribution >= 0.6 is 0 Å². The minimum atomic E-state index is -0.584. The molecule has 0 N–H and O–H groups in total. The largest absolute Gasteiger partial charge is 0.308 e. The van der Waals surface area contributed by atoms with Gasteiger partial charge in [0.25, 0.3) is 11.2 Å². The number of carbonyl (C=O) groups is 1. The van der Waals surface area contributed by atoms with Gasteiger partial charge in [0, 0.05) is 23.9 Å². The Labute approximate surface area is 138 Å². The first-order valence-electron chi connectivity index (χ1n) is 7.72. The molecule has 0 bridgehead atoms. The second-order valence-electron chi connectivity index (χ2n) is 5.89. The van der Waals surface area contributed by atoms with E-state index in [2.05, 4.69) is 0 Å². The molecule has 1 aliphatic rings. The first-order valence-corrected chi connectivity index (χ1v) is 7.72. The van der Waals surface area contributed by atoms with Crippen molar-refractivity contribution >= 4 is 17.3 Å². The second-order valence-corrected chi connectivity index (χ2v) is 5.89. The van der Waals surface area contributed by atoms with Crippen LogP contribution in [0.3, 0.4) is 0 Å². The van der Waals surface area contributed by atoms with E-state index in [4.69, 9.17) is 0 Å². The normalized spacial score (nSPS) is 16.5. The van der Waals surface area contributed by atoms with Crippen molar-refractivity contribution < 1.29 is 9.72 Å². The second kappa shape index (κ2) is 6.27. The van der Waals surface area contributed by atoms with Gasteiger partial charge in [-0.15, -0.1) is 0 Å². The minimum Gasteiger partial charge on any atom is -0.308 e. The number of nitro groups is 1. The van der Waals surface area contributed by atoms with Crippen molar-refractivity contribution in [3.63, 3.8) is 0 Å². The monoisotopic (exact) mass is 327 g/mol. The lowest BCUT2D eigenvalue weighted by Gasteiger charge is -2.35. The maximum absolute atomic E-state index is 12.8. The van der Waals surface area contributed by atoms with Crippen molar-refractivity contribution in [3.8, 4) is 0 Å². The zero-order valence-corrected chi connectivity index (χ0v) is 13.2. The molecule has 0 saturated carbocycles. The highest BCUT2D eigenvalue weighted by Gasteiger charge is 2.28. The molecule has 1 amide bonds. The number of rotatable bonds is 3. The van der Waals surface area contributed by atoms with Gasteiger partial charge in [-0.2, -0.15) is 0 Å². The summed E-state index contributed by atoms with van der Waals surface area (Å²) in [6, 6.07) is 9.95. The lowest BCUT2D eigenvalue weighted by molar-refractivity contribution is -0.385. The van der Waals surface area contributed by atoms with Crippen LogP contribution in [0, 0.1) is 10.1 Å². The fourth-order valence-corrected chi connectivity index (χ4v) is 3.04. The average molecular weight is 327 g/mol. The van der Waals surface area contributed by atoms with Crippen LogP contribution in [-0.2, 0) is 17.8 Å². The van der Waals surface area contributed by atoms with Gasteiger partial charge in [-0.1, -0.05) is 18.2 Å². The van der Waals surface area contributed by atoms with Crippen molar-refractivity contribution in [2.45, 2.75) is 32.4 Å². The minimum absolute atomic E-state index is 0.0156. The molecular weight excluding hydrogens is 310 g/mol. The number of benzene rings is 1. The number of aromatic nitrogens is 1. The first kappa shape index (κ1) is 15.9. The van der Waals surface area contributed by atoms with Gasteiger partial charge in [-0.05, 0) is 31.4 Å². The van der Waals surface area contributed by atoms with E-state index < -0.39 is 10.5 Å². The Morgan fingerprint density at radius 2 is 2.04 bits per heavy atom. The molecule has 24 heavy (non-hydrogen) atoms. The lowest BCUT2D eigenvalue weighted by atomic mass is 9.96. The predicted octanol–water partition coefficient (Wildman–Crippen LogP) is 2.12. The Balaban J connectivity index is 1.92. The SMILES string of the molecule is CC1CCc2ccccc2N1C(=O)Cn1cc([N+](=O)[O-])ccc1=O. The summed E-state index contributed by atoms with van der Waals surface area (Å²) in [4.78, 5) is 36.6. The zero-order chi connectivity index (χ0) is 17.3. The summed E-state index contributed by atoms with van der Waals surface area (Å²) in [6.07, 6.45) is 2.85. The van der Waals surface area contributed by atoms with Crippen LogP contribution < -0.4 is 10.5 Å². The molecule has 1 aromatic heterocycles. The summed E-state index contributed by atoms with van der Waals surface area (Å²) in [6.45, 7) is 1.74. The third-order valence-electron chi connectivity index (χ3n) is 4.28. The summed E-state index contributed by atoms with van der Waals surface area (Å²) < 4.78 is 1.09. The zero-order valence-electron chi connectivity index (χ0n) is 13.2. The Morgan fingerprint density at radius 3 is 2.79 bits per heavy atom. The van der Waals surface area contributed by atoms with Crippen molar-refractivity contribution in [1.82, 2.24) is 4.57 Å². The fraction of sp³-hybridized carbons (Fsp3) is 0.294. The summed E-state index contributed by atoms with van der Waals surface area (Å²) in [7, 11) is 0. The molecule has 2 heterocycles. The van der Waals surface area contributed by atoms with Crippen LogP contribution in [-0.4, -0.2) is 21.4 Å². The number of aryl methyl sites for hydroxylation is 1. The highest BCUT2D eigenvalue weighted by molar-refractivity contribution is 5.95. The molecular formula is C17H17N3O4. The highest BCUT2D eigenvalue weighted by atomic mass is 16.6. The number of pyridine rings is 1. The summed E-state index contributed by atoms with van der Waals surface area (Å²) in [5, 5.41) is 10.9. The maximum atomic E-state index is 12.8. The Morgan fingerprint density at radius 1 is 1.29 bits per heavy atom. The van der Waals surface area contributed by atoms with Crippen molar-refractivity contribution in [3.05, 3.63) is 68.6 Å². The van der Waals surface area contributed by atoms with Crippen LogP contribution in [0.4, 0.5) is 11.4 Å². The number of hydrogen-bond acceptors (Lipinski definition) is 4. The molecule has 0 fully saturated rings. The molecule has 0 saturated heterocycles.